The van der Waals surface area contributed by atoms with Gasteiger partial charge in [0.25, 0.3) is 0 Å². The van der Waals surface area contributed by atoms with Gasteiger partial charge in [0.1, 0.15) is 5.04 Å². The molecule has 6 heteroatoms. The smallest absolute Gasteiger partial charge is 0.114 e. The summed E-state index contributed by atoms with van der Waals surface area (Å²) in [5, 5.41) is 15.0. The van der Waals surface area contributed by atoms with Gasteiger partial charge in [0.05, 0.1) is 22.9 Å². The molecule has 2 aliphatic heterocycles. The molecular formula is C18H23N3O2S. The average Bonchev–Trinajstić information content (AvgIpc) is 3.23. The molecular weight excluding hydrogens is 322 g/mol. The lowest BCUT2D eigenvalue weighted by atomic mass is 10.1. The Hall–Kier alpha value is -1.50. The first-order valence-electron chi connectivity index (χ1n) is 8.61. The van der Waals surface area contributed by atoms with Crippen molar-refractivity contribution in [3.8, 4) is 0 Å². The number of fused-ring (bicyclic) bond motifs is 1. The SMILES string of the molecule is OCC[C@@H]1CSC(c2cc3cccc(NC4CCOCC4)c3[nH]2)=N1. The lowest BCUT2D eigenvalue weighted by Crippen LogP contribution is -2.27. The van der Waals surface area contributed by atoms with Gasteiger partial charge >= 0.3 is 0 Å². The third kappa shape index (κ3) is 3.31. The van der Waals surface area contributed by atoms with Crippen molar-refractivity contribution >= 4 is 33.4 Å². The normalized spacial score (nSPS) is 22.0. The fourth-order valence-electron chi connectivity index (χ4n) is 3.31. The number of para-hydroxylation sites is 1. The van der Waals surface area contributed by atoms with E-state index in [9.17, 15) is 0 Å². The van der Waals surface area contributed by atoms with Crippen LogP contribution in [0.4, 0.5) is 5.69 Å². The molecule has 2 aromatic rings. The van der Waals surface area contributed by atoms with Gasteiger partial charge in [-0.15, -0.1) is 11.8 Å². The number of hydrogen-bond donors (Lipinski definition) is 3. The Balaban J connectivity index is 1.59. The van der Waals surface area contributed by atoms with Crippen molar-refractivity contribution in [1.29, 1.82) is 0 Å². The van der Waals surface area contributed by atoms with Gasteiger partial charge in [-0.1, -0.05) is 12.1 Å². The predicted octanol–water partition coefficient (Wildman–Crippen LogP) is 3.00. The van der Waals surface area contributed by atoms with Crippen LogP contribution in [0.2, 0.25) is 0 Å². The summed E-state index contributed by atoms with van der Waals surface area (Å²) in [6.07, 6.45) is 2.85. The van der Waals surface area contributed by atoms with E-state index >= 15 is 0 Å². The molecule has 0 amide bonds. The number of aliphatic hydroxyl groups excluding tert-OH is 1. The molecule has 3 N–H and O–H groups in total. The van der Waals surface area contributed by atoms with Crippen LogP contribution >= 0.6 is 11.8 Å². The molecule has 2 aliphatic rings. The number of aliphatic hydroxyl groups is 1. The number of nitrogens with one attached hydrogen (secondary N) is 2. The third-order valence-corrected chi connectivity index (χ3v) is 5.79. The standard InChI is InChI=1S/C18H23N3O2S/c22-7-4-14-11-24-18(20-14)16-10-12-2-1-3-15(17(12)21-16)19-13-5-8-23-9-6-13/h1-3,10,13-14,19,21-22H,4-9,11H2/t14-/m1/s1. The summed E-state index contributed by atoms with van der Waals surface area (Å²) < 4.78 is 5.44. The second kappa shape index (κ2) is 7.17. The van der Waals surface area contributed by atoms with Gasteiger partial charge < -0.3 is 20.1 Å². The first kappa shape index (κ1) is 16.0. The minimum absolute atomic E-state index is 0.202. The molecule has 0 spiro atoms. The van der Waals surface area contributed by atoms with Gasteiger partial charge in [-0.05, 0) is 31.4 Å². The van der Waals surface area contributed by atoms with E-state index in [1.165, 1.54) is 5.39 Å². The van der Waals surface area contributed by atoms with Crippen molar-refractivity contribution in [3.05, 3.63) is 30.0 Å². The van der Waals surface area contributed by atoms with Crippen LogP contribution in [0.1, 0.15) is 25.0 Å². The molecule has 0 aliphatic carbocycles. The summed E-state index contributed by atoms with van der Waals surface area (Å²) in [6.45, 7) is 1.88. The van der Waals surface area contributed by atoms with Crippen molar-refractivity contribution in [2.24, 2.45) is 4.99 Å². The molecule has 1 aromatic heterocycles. The second-order valence-corrected chi connectivity index (χ2v) is 7.40. The highest BCUT2D eigenvalue weighted by Crippen LogP contribution is 2.30. The number of hydrogen-bond acceptors (Lipinski definition) is 5. The fraction of sp³-hybridized carbons (Fsp3) is 0.500. The van der Waals surface area contributed by atoms with Crippen LogP contribution in [-0.2, 0) is 4.74 Å². The van der Waals surface area contributed by atoms with Crippen LogP contribution in [0, 0.1) is 0 Å². The summed E-state index contributed by atoms with van der Waals surface area (Å²) in [7, 11) is 0. The molecule has 0 bridgehead atoms. The number of ether oxygens (including phenoxy) is 1. The molecule has 1 saturated heterocycles. The molecule has 5 nitrogen and oxygen atoms in total. The van der Waals surface area contributed by atoms with E-state index in [1.54, 1.807) is 11.8 Å². The van der Waals surface area contributed by atoms with Crippen LogP contribution in [0.5, 0.6) is 0 Å². The maximum Gasteiger partial charge on any atom is 0.114 e. The molecule has 0 saturated carbocycles. The van der Waals surface area contributed by atoms with Crippen LogP contribution in [0.25, 0.3) is 10.9 Å². The van der Waals surface area contributed by atoms with Gasteiger partial charge in [0.15, 0.2) is 0 Å². The van der Waals surface area contributed by atoms with Gasteiger partial charge in [0.2, 0.25) is 0 Å². The van der Waals surface area contributed by atoms with Crippen molar-refractivity contribution in [2.75, 3.05) is 30.9 Å². The zero-order chi connectivity index (χ0) is 16.4. The summed E-state index contributed by atoms with van der Waals surface area (Å²) >= 11 is 1.77. The highest BCUT2D eigenvalue weighted by molar-refractivity contribution is 8.14. The van der Waals surface area contributed by atoms with Crippen molar-refractivity contribution in [1.82, 2.24) is 4.98 Å². The fourth-order valence-corrected chi connectivity index (χ4v) is 4.39. The van der Waals surface area contributed by atoms with Gasteiger partial charge in [0, 0.05) is 37.0 Å². The van der Waals surface area contributed by atoms with Gasteiger partial charge in [-0.3, -0.25) is 4.99 Å². The number of H-pyrrole nitrogens is 1. The monoisotopic (exact) mass is 345 g/mol. The number of benzene rings is 1. The minimum Gasteiger partial charge on any atom is -0.396 e. The van der Waals surface area contributed by atoms with E-state index in [-0.39, 0.29) is 12.6 Å². The number of aromatic amines is 1. The molecule has 1 fully saturated rings. The highest BCUT2D eigenvalue weighted by Gasteiger charge is 2.21. The Kier molecular flexibility index (Phi) is 4.78. The van der Waals surface area contributed by atoms with Crippen molar-refractivity contribution in [2.45, 2.75) is 31.3 Å². The van der Waals surface area contributed by atoms with Crippen molar-refractivity contribution < 1.29 is 9.84 Å². The molecule has 24 heavy (non-hydrogen) atoms. The Morgan fingerprint density at radius 1 is 1.33 bits per heavy atom. The summed E-state index contributed by atoms with van der Waals surface area (Å²) in [4.78, 5) is 8.29. The van der Waals surface area contributed by atoms with Crippen LogP contribution in [0.15, 0.2) is 29.3 Å². The van der Waals surface area contributed by atoms with E-state index in [0.717, 1.165) is 60.2 Å². The predicted molar refractivity (Wildman–Crippen MR) is 100 cm³/mol. The van der Waals surface area contributed by atoms with E-state index in [1.807, 2.05) is 0 Å². The Labute approximate surface area is 145 Å². The third-order valence-electron chi connectivity index (χ3n) is 4.64. The summed E-state index contributed by atoms with van der Waals surface area (Å²) in [5.41, 5.74) is 3.38. The topological polar surface area (TPSA) is 69.6 Å². The summed E-state index contributed by atoms with van der Waals surface area (Å²) in [5.74, 6) is 0.957. The average molecular weight is 345 g/mol. The molecule has 128 valence electrons. The molecule has 1 aromatic carbocycles. The quantitative estimate of drug-likeness (QED) is 0.779. The van der Waals surface area contributed by atoms with Gasteiger partial charge in [-0.25, -0.2) is 0 Å². The second-order valence-electron chi connectivity index (χ2n) is 6.40. The number of aromatic nitrogens is 1. The number of rotatable bonds is 5. The largest absolute Gasteiger partial charge is 0.396 e. The number of anilines is 1. The molecule has 4 rings (SSSR count). The Morgan fingerprint density at radius 3 is 3.04 bits per heavy atom. The maximum atomic E-state index is 9.09. The lowest BCUT2D eigenvalue weighted by molar-refractivity contribution is 0.0905. The van der Waals surface area contributed by atoms with Crippen molar-refractivity contribution in [3.63, 3.8) is 0 Å². The molecule has 3 heterocycles. The maximum absolute atomic E-state index is 9.09. The summed E-state index contributed by atoms with van der Waals surface area (Å²) in [6, 6.07) is 9.26. The minimum atomic E-state index is 0.202. The molecule has 0 radical (unpaired) electrons. The van der Waals surface area contributed by atoms with E-state index < -0.39 is 0 Å². The number of aliphatic imine (C=N–C) groups is 1. The Morgan fingerprint density at radius 2 is 2.21 bits per heavy atom. The molecule has 1 atom stereocenters. The number of thioether (sulfide) groups is 1. The first-order valence-corrected chi connectivity index (χ1v) is 9.60. The van der Waals surface area contributed by atoms with Crippen LogP contribution in [-0.4, -0.2) is 52.8 Å². The van der Waals surface area contributed by atoms with Crippen LogP contribution < -0.4 is 5.32 Å². The first-order chi connectivity index (χ1) is 11.8. The van der Waals surface area contributed by atoms with Gasteiger partial charge in [-0.2, -0.15) is 0 Å². The molecule has 0 unspecified atom stereocenters. The number of nitrogens with zero attached hydrogens (tertiary/aromatic N) is 1. The van der Waals surface area contributed by atoms with E-state index in [0.29, 0.717) is 6.04 Å². The van der Waals surface area contributed by atoms with E-state index in [4.69, 9.17) is 14.8 Å². The van der Waals surface area contributed by atoms with E-state index in [2.05, 4.69) is 34.6 Å². The Bertz CT molecular complexity index is 737. The zero-order valence-electron chi connectivity index (χ0n) is 13.6. The zero-order valence-corrected chi connectivity index (χ0v) is 14.4. The van der Waals surface area contributed by atoms with Crippen LogP contribution in [0.3, 0.4) is 0 Å². The lowest BCUT2D eigenvalue weighted by Gasteiger charge is -2.24. The highest BCUT2D eigenvalue weighted by atomic mass is 32.2.